The summed E-state index contributed by atoms with van der Waals surface area (Å²) in [5.41, 5.74) is 0.360. The molecule has 1 aromatic heterocycles. The zero-order chi connectivity index (χ0) is 12.8. The van der Waals surface area contributed by atoms with Gasteiger partial charge in [-0.15, -0.1) is 0 Å². The highest BCUT2D eigenvalue weighted by Crippen LogP contribution is 2.30. The zero-order valence-corrected chi connectivity index (χ0v) is 11.7. The number of anilines is 1. The van der Waals surface area contributed by atoms with Crippen molar-refractivity contribution in [1.82, 2.24) is 15.1 Å². The Morgan fingerprint density at radius 1 is 1.33 bits per heavy atom. The van der Waals surface area contributed by atoms with Crippen LogP contribution in [0.4, 0.5) is 5.82 Å². The summed E-state index contributed by atoms with van der Waals surface area (Å²) in [5, 5.41) is 11.4. The van der Waals surface area contributed by atoms with Crippen LogP contribution < -0.4 is 10.6 Å². The topological polar surface area (TPSA) is 41.9 Å². The molecule has 0 amide bonds. The zero-order valence-electron chi connectivity index (χ0n) is 11.7. The van der Waals surface area contributed by atoms with Crippen molar-refractivity contribution in [1.29, 1.82) is 0 Å². The number of hydrogen-bond acceptors (Lipinski definition) is 3. The Hall–Kier alpha value is -1.03. The van der Waals surface area contributed by atoms with Crippen LogP contribution in [0.1, 0.15) is 45.4 Å². The van der Waals surface area contributed by atoms with Gasteiger partial charge < -0.3 is 10.6 Å². The third kappa shape index (κ3) is 3.25. The van der Waals surface area contributed by atoms with E-state index >= 15 is 0 Å². The first-order valence-corrected chi connectivity index (χ1v) is 7.24. The predicted octanol–water partition coefficient (Wildman–Crippen LogP) is 2.63. The molecule has 4 nitrogen and oxygen atoms in total. The van der Waals surface area contributed by atoms with Gasteiger partial charge in [0.25, 0.3) is 0 Å². The fourth-order valence-electron chi connectivity index (χ4n) is 2.92. The Bertz CT molecular complexity index is 352. The Morgan fingerprint density at radius 3 is 2.72 bits per heavy atom. The van der Waals surface area contributed by atoms with E-state index in [2.05, 4.69) is 35.8 Å². The molecule has 0 spiro atoms. The Balaban J connectivity index is 1.79. The van der Waals surface area contributed by atoms with Crippen LogP contribution in [0.2, 0.25) is 0 Å². The van der Waals surface area contributed by atoms with Gasteiger partial charge in [-0.1, -0.05) is 19.3 Å². The van der Waals surface area contributed by atoms with E-state index in [4.69, 9.17) is 0 Å². The SMILES string of the molecule is CCn1ccc(NCCC2(NC)CCCCC2)n1. The number of nitrogens with one attached hydrogen (secondary N) is 2. The highest BCUT2D eigenvalue weighted by molar-refractivity contribution is 5.32. The van der Waals surface area contributed by atoms with Crippen LogP contribution in [0.25, 0.3) is 0 Å². The van der Waals surface area contributed by atoms with Crippen LogP contribution in [0.5, 0.6) is 0 Å². The number of aromatic nitrogens is 2. The summed E-state index contributed by atoms with van der Waals surface area (Å²) in [7, 11) is 2.11. The molecule has 1 heterocycles. The van der Waals surface area contributed by atoms with Gasteiger partial charge >= 0.3 is 0 Å². The van der Waals surface area contributed by atoms with Crippen molar-refractivity contribution in [3.63, 3.8) is 0 Å². The summed E-state index contributed by atoms with van der Waals surface area (Å²) in [6.07, 6.45) is 9.97. The smallest absolute Gasteiger partial charge is 0.147 e. The number of nitrogens with zero attached hydrogens (tertiary/aromatic N) is 2. The molecule has 0 saturated heterocycles. The Labute approximate surface area is 110 Å². The lowest BCUT2D eigenvalue weighted by Gasteiger charge is -2.37. The van der Waals surface area contributed by atoms with E-state index in [-0.39, 0.29) is 0 Å². The van der Waals surface area contributed by atoms with Gasteiger partial charge in [0, 0.05) is 30.9 Å². The molecule has 2 rings (SSSR count). The maximum absolute atomic E-state index is 4.45. The van der Waals surface area contributed by atoms with Gasteiger partial charge in [-0.05, 0) is 33.2 Å². The number of hydrogen-bond donors (Lipinski definition) is 2. The van der Waals surface area contributed by atoms with E-state index in [1.54, 1.807) is 0 Å². The molecule has 0 radical (unpaired) electrons. The first-order chi connectivity index (χ1) is 8.78. The molecule has 1 aliphatic carbocycles. The predicted molar refractivity (Wildman–Crippen MR) is 75.9 cm³/mol. The van der Waals surface area contributed by atoms with Gasteiger partial charge in [-0.3, -0.25) is 4.68 Å². The van der Waals surface area contributed by atoms with Crippen LogP contribution in [0.15, 0.2) is 12.3 Å². The summed E-state index contributed by atoms with van der Waals surface area (Å²) < 4.78 is 1.96. The van der Waals surface area contributed by atoms with Crippen molar-refractivity contribution in [2.24, 2.45) is 0 Å². The molecule has 0 bridgehead atoms. The average molecular weight is 250 g/mol. The lowest BCUT2D eigenvalue weighted by Crippen LogP contribution is -2.45. The van der Waals surface area contributed by atoms with E-state index < -0.39 is 0 Å². The molecule has 2 N–H and O–H groups in total. The van der Waals surface area contributed by atoms with E-state index in [0.29, 0.717) is 5.54 Å². The summed E-state index contributed by atoms with van der Waals surface area (Å²) in [4.78, 5) is 0. The van der Waals surface area contributed by atoms with Gasteiger partial charge in [0.05, 0.1) is 0 Å². The largest absolute Gasteiger partial charge is 0.369 e. The maximum atomic E-state index is 4.45. The molecule has 0 atom stereocenters. The van der Waals surface area contributed by atoms with Crippen molar-refractivity contribution >= 4 is 5.82 Å². The first kappa shape index (κ1) is 13.4. The van der Waals surface area contributed by atoms with E-state index in [1.807, 2.05) is 10.9 Å². The van der Waals surface area contributed by atoms with Gasteiger partial charge in [0.1, 0.15) is 5.82 Å². The maximum Gasteiger partial charge on any atom is 0.147 e. The average Bonchev–Trinajstić information content (AvgIpc) is 2.88. The highest BCUT2D eigenvalue weighted by Gasteiger charge is 2.29. The standard InChI is InChI=1S/C14H26N4/c1-3-18-12-7-13(17-18)16-11-10-14(15-2)8-5-4-6-9-14/h7,12,15H,3-6,8-11H2,1-2H3,(H,16,17). The van der Waals surface area contributed by atoms with Crippen molar-refractivity contribution in [2.45, 2.75) is 57.5 Å². The molecule has 1 aliphatic rings. The van der Waals surface area contributed by atoms with Crippen LogP contribution in [-0.4, -0.2) is 28.9 Å². The second-order valence-electron chi connectivity index (χ2n) is 5.32. The molecule has 4 heteroatoms. The molecule has 0 aliphatic heterocycles. The highest BCUT2D eigenvalue weighted by atomic mass is 15.3. The molecule has 102 valence electrons. The van der Waals surface area contributed by atoms with E-state index in [0.717, 1.165) is 18.9 Å². The third-order valence-corrected chi connectivity index (χ3v) is 4.22. The summed E-state index contributed by atoms with van der Waals surface area (Å²) in [6.45, 7) is 4.04. The molecule has 0 unspecified atom stereocenters. The summed E-state index contributed by atoms with van der Waals surface area (Å²) in [5.74, 6) is 0.999. The molecule has 18 heavy (non-hydrogen) atoms. The van der Waals surface area contributed by atoms with Gasteiger partial charge in [0.2, 0.25) is 0 Å². The minimum absolute atomic E-state index is 0.360. The van der Waals surface area contributed by atoms with Gasteiger partial charge in [-0.2, -0.15) is 5.10 Å². The van der Waals surface area contributed by atoms with Crippen LogP contribution in [0, 0.1) is 0 Å². The van der Waals surface area contributed by atoms with Crippen LogP contribution >= 0.6 is 0 Å². The van der Waals surface area contributed by atoms with Crippen LogP contribution in [0.3, 0.4) is 0 Å². The van der Waals surface area contributed by atoms with E-state index in [9.17, 15) is 0 Å². The third-order valence-electron chi connectivity index (χ3n) is 4.22. The van der Waals surface area contributed by atoms with Gasteiger partial charge in [0.15, 0.2) is 0 Å². The van der Waals surface area contributed by atoms with Crippen molar-refractivity contribution in [3.05, 3.63) is 12.3 Å². The summed E-state index contributed by atoms with van der Waals surface area (Å²) >= 11 is 0. The van der Waals surface area contributed by atoms with Crippen molar-refractivity contribution in [2.75, 3.05) is 18.9 Å². The lowest BCUT2D eigenvalue weighted by molar-refractivity contribution is 0.235. The molecule has 0 aromatic carbocycles. The van der Waals surface area contributed by atoms with E-state index in [1.165, 1.54) is 38.5 Å². The number of aryl methyl sites for hydroxylation is 1. The number of rotatable bonds is 6. The second-order valence-corrected chi connectivity index (χ2v) is 5.32. The molecular formula is C14H26N4. The molecule has 1 saturated carbocycles. The summed E-state index contributed by atoms with van der Waals surface area (Å²) in [6, 6.07) is 2.05. The first-order valence-electron chi connectivity index (χ1n) is 7.24. The van der Waals surface area contributed by atoms with Crippen molar-refractivity contribution in [3.8, 4) is 0 Å². The molecule has 1 aromatic rings. The Kier molecular flexibility index (Phi) is 4.64. The van der Waals surface area contributed by atoms with Crippen LogP contribution in [-0.2, 0) is 6.54 Å². The molecular weight excluding hydrogens is 224 g/mol. The fraction of sp³-hybridized carbons (Fsp3) is 0.786. The lowest BCUT2D eigenvalue weighted by atomic mass is 9.79. The quantitative estimate of drug-likeness (QED) is 0.815. The Morgan fingerprint density at radius 2 is 2.11 bits per heavy atom. The minimum Gasteiger partial charge on any atom is -0.369 e. The second kappa shape index (κ2) is 6.23. The fourth-order valence-corrected chi connectivity index (χ4v) is 2.92. The van der Waals surface area contributed by atoms with Crippen molar-refractivity contribution < 1.29 is 0 Å². The normalized spacial score (nSPS) is 18.8. The monoisotopic (exact) mass is 250 g/mol. The molecule has 1 fully saturated rings. The minimum atomic E-state index is 0.360. The van der Waals surface area contributed by atoms with Gasteiger partial charge in [-0.25, -0.2) is 0 Å².